The second-order valence-corrected chi connectivity index (χ2v) is 6.16. The molecule has 0 spiro atoms. The molecule has 2 rings (SSSR count). The van der Waals surface area contributed by atoms with Crippen molar-refractivity contribution in [1.82, 2.24) is 15.2 Å². The normalized spacial score (nSPS) is 15.1. The van der Waals surface area contributed by atoms with Crippen LogP contribution in [0.15, 0.2) is 5.38 Å². The summed E-state index contributed by atoms with van der Waals surface area (Å²) < 4.78 is 0. The molecule has 21 heavy (non-hydrogen) atoms. The summed E-state index contributed by atoms with van der Waals surface area (Å²) in [5.74, 6) is -0.138. The van der Waals surface area contributed by atoms with Crippen molar-refractivity contribution >= 4 is 29.1 Å². The molecule has 0 bridgehead atoms. The molecule has 1 saturated heterocycles. The lowest BCUT2D eigenvalue weighted by atomic mass is 10.2. The van der Waals surface area contributed by atoms with Crippen LogP contribution in [0, 0.1) is 0 Å². The summed E-state index contributed by atoms with van der Waals surface area (Å²) in [5.41, 5.74) is 0.428. The first-order valence-electron chi connectivity index (χ1n) is 7.06. The van der Waals surface area contributed by atoms with Crippen LogP contribution in [0.4, 0.5) is 0 Å². The Morgan fingerprint density at radius 2 is 2.05 bits per heavy atom. The number of imide groups is 1. The van der Waals surface area contributed by atoms with Crippen LogP contribution in [0.1, 0.15) is 54.5 Å². The van der Waals surface area contributed by atoms with E-state index >= 15 is 0 Å². The number of rotatable bonds is 6. The number of amides is 3. The molecule has 1 fully saturated rings. The highest BCUT2D eigenvalue weighted by Gasteiger charge is 2.27. The highest BCUT2D eigenvalue weighted by atomic mass is 32.1. The van der Waals surface area contributed by atoms with Crippen molar-refractivity contribution in [3.63, 3.8) is 0 Å². The van der Waals surface area contributed by atoms with E-state index in [1.807, 2.05) is 13.8 Å². The van der Waals surface area contributed by atoms with Crippen LogP contribution in [0.25, 0.3) is 0 Å². The molecule has 1 aromatic heterocycles. The molecule has 7 heteroatoms. The molecule has 0 aromatic carbocycles. The highest BCUT2D eigenvalue weighted by molar-refractivity contribution is 7.09. The second kappa shape index (κ2) is 6.80. The van der Waals surface area contributed by atoms with Crippen LogP contribution in [0.2, 0.25) is 0 Å². The van der Waals surface area contributed by atoms with Crippen molar-refractivity contribution in [1.29, 1.82) is 0 Å². The van der Waals surface area contributed by atoms with E-state index in [1.54, 1.807) is 5.38 Å². The standard InChI is InChI=1S/C14H19N3O3S/c1-9(2)14-16-10(8-21-14)13(20)15-6-3-7-17-11(18)4-5-12(17)19/h8-9H,3-7H2,1-2H3,(H,15,20). The summed E-state index contributed by atoms with van der Waals surface area (Å²) in [6, 6.07) is 0. The minimum atomic E-state index is -0.211. The maximum atomic E-state index is 11.9. The monoisotopic (exact) mass is 309 g/mol. The van der Waals surface area contributed by atoms with E-state index in [4.69, 9.17) is 0 Å². The van der Waals surface area contributed by atoms with Crippen molar-refractivity contribution in [2.45, 2.75) is 39.0 Å². The lowest BCUT2D eigenvalue weighted by Gasteiger charge is -2.13. The van der Waals surface area contributed by atoms with Gasteiger partial charge in [-0.2, -0.15) is 0 Å². The summed E-state index contributed by atoms with van der Waals surface area (Å²) in [5, 5.41) is 5.45. The van der Waals surface area contributed by atoms with Crippen molar-refractivity contribution in [3.8, 4) is 0 Å². The molecule has 1 aliphatic rings. The second-order valence-electron chi connectivity index (χ2n) is 5.27. The average molecular weight is 309 g/mol. The fourth-order valence-electron chi connectivity index (χ4n) is 2.06. The number of carbonyl (C=O) groups is 3. The third-order valence-corrected chi connectivity index (χ3v) is 4.39. The topological polar surface area (TPSA) is 79.4 Å². The smallest absolute Gasteiger partial charge is 0.270 e. The van der Waals surface area contributed by atoms with Crippen LogP contribution in [-0.4, -0.2) is 40.7 Å². The van der Waals surface area contributed by atoms with Crippen LogP contribution in [-0.2, 0) is 9.59 Å². The van der Waals surface area contributed by atoms with Gasteiger partial charge in [-0.3, -0.25) is 19.3 Å². The Morgan fingerprint density at radius 3 is 2.62 bits per heavy atom. The number of aromatic nitrogens is 1. The number of carbonyl (C=O) groups excluding carboxylic acids is 3. The fraction of sp³-hybridized carbons (Fsp3) is 0.571. The molecular formula is C14H19N3O3S. The van der Waals surface area contributed by atoms with Gasteiger partial charge in [-0.1, -0.05) is 13.8 Å². The SMILES string of the molecule is CC(C)c1nc(C(=O)NCCCN2C(=O)CCC2=O)cs1. The van der Waals surface area contributed by atoms with E-state index in [2.05, 4.69) is 10.3 Å². The Morgan fingerprint density at radius 1 is 1.38 bits per heavy atom. The number of likely N-dealkylation sites (tertiary alicyclic amines) is 1. The molecule has 0 atom stereocenters. The maximum absolute atomic E-state index is 11.9. The van der Waals surface area contributed by atoms with Gasteiger partial charge in [-0.25, -0.2) is 4.98 Å². The van der Waals surface area contributed by atoms with Crippen molar-refractivity contribution < 1.29 is 14.4 Å². The molecule has 114 valence electrons. The molecular weight excluding hydrogens is 290 g/mol. The average Bonchev–Trinajstić information content (AvgIpc) is 3.04. The minimum absolute atomic E-state index is 0.118. The zero-order valence-electron chi connectivity index (χ0n) is 12.2. The molecule has 2 heterocycles. The van der Waals surface area contributed by atoms with Gasteiger partial charge in [0.25, 0.3) is 5.91 Å². The third kappa shape index (κ3) is 3.87. The first-order chi connectivity index (χ1) is 9.99. The first-order valence-corrected chi connectivity index (χ1v) is 7.94. The summed E-state index contributed by atoms with van der Waals surface area (Å²) >= 11 is 1.48. The van der Waals surface area contributed by atoms with Crippen LogP contribution >= 0.6 is 11.3 Å². The summed E-state index contributed by atoms with van der Waals surface area (Å²) in [4.78, 5) is 40.3. The van der Waals surface area contributed by atoms with Crippen molar-refractivity contribution in [2.24, 2.45) is 0 Å². The minimum Gasteiger partial charge on any atom is -0.351 e. The number of nitrogens with zero attached hydrogens (tertiary/aromatic N) is 2. The Kier molecular flexibility index (Phi) is 5.06. The summed E-state index contributed by atoms with van der Waals surface area (Å²) in [6.07, 6.45) is 1.17. The van der Waals surface area contributed by atoms with Crippen LogP contribution < -0.4 is 5.32 Å². The lowest BCUT2D eigenvalue weighted by Crippen LogP contribution is -2.33. The predicted molar refractivity (Wildman–Crippen MR) is 79.1 cm³/mol. The molecule has 6 nitrogen and oxygen atoms in total. The molecule has 0 aliphatic carbocycles. The Hall–Kier alpha value is -1.76. The van der Waals surface area contributed by atoms with E-state index in [-0.39, 0.29) is 17.7 Å². The quantitative estimate of drug-likeness (QED) is 0.638. The van der Waals surface area contributed by atoms with E-state index in [1.165, 1.54) is 16.2 Å². The van der Waals surface area contributed by atoms with Gasteiger partial charge < -0.3 is 5.32 Å². The van der Waals surface area contributed by atoms with E-state index < -0.39 is 0 Å². The molecule has 1 aromatic rings. The van der Waals surface area contributed by atoms with Gasteiger partial charge >= 0.3 is 0 Å². The lowest BCUT2D eigenvalue weighted by molar-refractivity contribution is -0.138. The first kappa shape index (κ1) is 15.6. The van der Waals surface area contributed by atoms with Gasteiger partial charge in [-0.15, -0.1) is 11.3 Å². The highest BCUT2D eigenvalue weighted by Crippen LogP contribution is 2.19. The summed E-state index contributed by atoms with van der Waals surface area (Å²) in [6.45, 7) is 4.85. The van der Waals surface area contributed by atoms with Crippen LogP contribution in [0.3, 0.4) is 0 Å². The van der Waals surface area contributed by atoms with Gasteiger partial charge in [0, 0.05) is 37.2 Å². The Labute approximate surface area is 127 Å². The molecule has 0 radical (unpaired) electrons. The number of thiazole rings is 1. The zero-order valence-corrected chi connectivity index (χ0v) is 13.0. The zero-order chi connectivity index (χ0) is 15.4. The van der Waals surface area contributed by atoms with Crippen LogP contribution in [0.5, 0.6) is 0 Å². The van der Waals surface area contributed by atoms with Gasteiger partial charge in [0.1, 0.15) is 5.69 Å². The van der Waals surface area contributed by atoms with Gasteiger partial charge in [0.05, 0.1) is 5.01 Å². The number of hydrogen-bond donors (Lipinski definition) is 1. The van der Waals surface area contributed by atoms with E-state index in [9.17, 15) is 14.4 Å². The third-order valence-electron chi connectivity index (χ3n) is 3.25. The molecule has 0 saturated carbocycles. The summed E-state index contributed by atoms with van der Waals surface area (Å²) in [7, 11) is 0. The van der Waals surface area contributed by atoms with Gasteiger partial charge in [0.15, 0.2) is 0 Å². The van der Waals surface area contributed by atoms with Crippen molar-refractivity contribution in [2.75, 3.05) is 13.1 Å². The number of hydrogen-bond acceptors (Lipinski definition) is 5. The molecule has 1 N–H and O–H groups in total. The van der Waals surface area contributed by atoms with Crippen molar-refractivity contribution in [3.05, 3.63) is 16.1 Å². The molecule has 0 unspecified atom stereocenters. The number of nitrogens with one attached hydrogen (secondary N) is 1. The fourth-order valence-corrected chi connectivity index (χ4v) is 2.87. The Bertz CT molecular complexity index is 537. The molecule has 3 amide bonds. The Balaban J connectivity index is 1.74. The van der Waals surface area contributed by atoms with Gasteiger partial charge in [-0.05, 0) is 6.42 Å². The maximum Gasteiger partial charge on any atom is 0.270 e. The van der Waals surface area contributed by atoms with Gasteiger partial charge in [0.2, 0.25) is 11.8 Å². The molecule has 1 aliphatic heterocycles. The largest absolute Gasteiger partial charge is 0.351 e. The predicted octanol–water partition coefficient (Wildman–Crippen LogP) is 1.54. The van der Waals surface area contributed by atoms with E-state index in [0.717, 1.165) is 5.01 Å². The van der Waals surface area contributed by atoms with E-state index in [0.29, 0.717) is 44.0 Å².